The summed E-state index contributed by atoms with van der Waals surface area (Å²) in [5, 5.41) is 2.48. The molecule has 0 radical (unpaired) electrons. The van der Waals surface area contributed by atoms with E-state index in [4.69, 9.17) is 4.74 Å². The van der Waals surface area contributed by atoms with Crippen LogP contribution in [0.1, 0.15) is 10.4 Å². The molecule has 1 aromatic rings. The maximum atomic E-state index is 13.8. The maximum absolute atomic E-state index is 13.8. The fourth-order valence-corrected chi connectivity index (χ4v) is 2.41. The van der Waals surface area contributed by atoms with E-state index in [1.807, 2.05) is 0 Å². The molecule has 1 aliphatic heterocycles. The van der Waals surface area contributed by atoms with Crippen LogP contribution in [-0.4, -0.2) is 49.6 Å². The first-order valence-corrected chi connectivity index (χ1v) is 6.89. The van der Waals surface area contributed by atoms with Crippen molar-refractivity contribution in [2.24, 2.45) is 0 Å². The molecule has 20 heavy (non-hydrogen) atoms. The van der Waals surface area contributed by atoms with Gasteiger partial charge < -0.3 is 15.0 Å². The number of ether oxygens (including phenoxy) is 1. The zero-order valence-electron chi connectivity index (χ0n) is 10.9. The molecule has 1 saturated heterocycles. The molecule has 2 amide bonds. The SMILES string of the molecule is CNC(=O)C1COCCN1C(=O)c1cc(Br)ccc1F. The highest BCUT2D eigenvalue weighted by Crippen LogP contribution is 2.19. The lowest BCUT2D eigenvalue weighted by atomic mass is 10.1. The normalized spacial score (nSPS) is 18.8. The number of amides is 2. The number of benzene rings is 1. The fraction of sp³-hybridized carbons (Fsp3) is 0.385. The topological polar surface area (TPSA) is 58.6 Å². The molecule has 1 heterocycles. The summed E-state index contributed by atoms with van der Waals surface area (Å²) >= 11 is 3.20. The highest BCUT2D eigenvalue weighted by atomic mass is 79.9. The van der Waals surface area contributed by atoms with Crippen LogP contribution >= 0.6 is 15.9 Å². The van der Waals surface area contributed by atoms with Gasteiger partial charge in [-0.3, -0.25) is 9.59 Å². The lowest BCUT2D eigenvalue weighted by Gasteiger charge is -2.34. The van der Waals surface area contributed by atoms with E-state index in [-0.39, 0.29) is 24.6 Å². The molecular formula is C13H14BrFN2O3. The van der Waals surface area contributed by atoms with Crippen molar-refractivity contribution >= 4 is 27.7 Å². The second-order valence-electron chi connectivity index (χ2n) is 4.33. The Morgan fingerprint density at radius 2 is 2.25 bits per heavy atom. The summed E-state index contributed by atoms with van der Waals surface area (Å²) in [5.74, 6) is -1.45. The van der Waals surface area contributed by atoms with Crippen molar-refractivity contribution in [2.45, 2.75) is 6.04 Å². The van der Waals surface area contributed by atoms with Crippen molar-refractivity contribution in [3.8, 4) is 0 Å². The van der Waals surface area contributed by atoms with Gasteiger partial charge in [0.2, 0.25) is 5.91 Å². The summed E-state index contributed by atoms with van der Waals surface area (Å²) < 4.78 is 19.6. The third-order valence-electron chi connectivity index (χ3n) is 3.10. The third kappa shape index (κ3) is 2.99. The van der Waals surface area contributed by atoms with Gasteiger partial charge in [0.1, 0.15) is 11.9 Å². The van der Waals surface area contributed by atoms with Crippen molar-refractivity contribution < 1.29 is 18.7 Å². The Balaban J connectivity index is 2.30. The van der Waals surface area contributed by atoms with Crippen molar-refractivity contribution in [2.75, 3.05) is 26.8 Å². The van der Waals surface area contributed by atoms with Crippen molar-refractivity contribution in [3.05, 3.63) is 34.1 Å². The molecule has 0 bridgehead atoms. The predicted octanol–water partition coefficient (Wildman–Crippen LogP) is 1.18. The summed E-state index contributed by atoms with van der Waals surface area (Å²) in [6, 6.07) is 3.40. The van der Waals surface area contributed by atoms with Crippen LogP contribution in [0, 0.1) is 5.82 Å². The predicted molar refractivity (Wildman–Crippen MR) is 73.8 cm³/mol. The minimum Gasteiger partial charge on any atom is -0.377 e. The number of likely N-dealkylation sites (N-methyl/N-ethyl adjacent to an activating group) is 1. The Hall–Kier alpha value is -1.47. The van der Waals surface area contributed by atoms with E-state index in [0.29, 0.717) is 11.1 Å². The molecule has 0 aromatic heterocycles. The molecule has 108 valence electrons. The number of rotatable bonds is 2. The molecular weight excluding hydrogens is 331 g/mol. The number of morpholine rings is 1. The van der Waals surface area contributed by atoms with Crippen LogP contribution in [0.15, 0.2) is 22.7 Å². The van der Waals surface area contributed by atoms with Gasteiger partial charge in [-0.05, 0) is 18.2 Å². The molecule has 0 spiro atoms. The minimum absolute atomic E-state index is 0.0600. The molecule has 7 heteroatoms. The smallest absolute Gasteiger partial charge is 0.257 e. The van der Waals surface area contributed by atoms with Crippen molar-refractivity contribution in [1.82, 2.24) is 10.2 Å². The van der Waals surface area contributed by atoms with E-state index in [1.165, 1.54) is 30.1 Å². The van der Waals surface area contributed by atoms with E-state index in [0.717, 1.165) is 0 Å². The molecule has 1 aliphatic rings. The molecule has 0 saturated carbocycles. The summed E-state index contributed by atoms with van der Waals surface area (Å²) in [4.78, 5) is 25.6. The number of nitrogens with zero attached hydrogens (tertiary/aromatic N) is 1. The molecule has 1 aromatic carbocycles. The Morgan fingerprint density at radius 1 is 1.50 bits per heavy atom. The number of nitrogens with one attached hydrogen (secondary N) is 1. The average molecular weight is 345 g/mol. The molecule has 2 rings (SSSR count). The number of hydrogen-bond acceptors (Lipinski definition) is 3. The molecule has 1 unspecified atom stereocenters. The summed E-state index contributed by atoms with van der Waals surface area (Å²) in [7, 11) is 1.49. The largest absolute Gasteiger partial charge is 0.377 e. The van der Waals surface area contributed by atoms with Gasteiger partial charge >= 0.3 is 0 Å². The van der Waals surface area contributed by atoms with Crippen LogP contribution in [0.3, 0.4) is 0 Å². The van der Waals surface area contributed by atoms with Crippen LogP contribution in [0.4, 0.5) is 4.39 Å². The van der Waals surface area contributed by atoms with E-state index in [1.54, 1.807) is 0 Å². The van der Waals surface area contributed by atoms with Gasteiger partial charge in [0.15, 0.2) is 0 Å². The quantitative estimate of drug-likeness (QED) is 0.876. The van der Waals surface area contributed by atoms with Gasteiger partial charge in [0.05, 0.1) is 18.8 Å². The molecule has 1 atom stereocenters. The van der Waals surface area contributed by atoms with Gasteiger partial charge in [-0.25, -0.2) is 4.39 Å². The standard InChI is InChI=1S/C13H14BrFN2O3/c1-16-12(18)11-7-20-5-4-17(11)13(19)9-6-8(14)2-3-10(9)15/h2-3,6,11H,4-5,7H2,1H3,(H,16,18). The second-order valence-corrected chi connectivity index (χ2v) is 5.24. The van der Waals surface area contributed by atoms with Crippen molar-refractivity contribution in [3.63, 3.8) is 0 Å². The van der Waals surface area contributed by atoms with Crippen molar-refractivity contribution in [1.29, 1.82) is 0 Å². The lowest BCUT2D eigenvalue weighted by molar-refractivity contribution is -0.130. The van der Waals surface area contributed by atoms with E-state index in [9.17, 15) is 14.0 Å². The van der Waals surface area contributed by atoms with Gasteiger partial charge in [-0.2, -0.15) is 0 Å². The highest BCUT2D eigenvalue weighted by molar-refractivity contribution is 9.10. The molecule has 1 N–H and O–H groups in total. The number of halogens is 2. The van der Waals surface area contributed by atoms with Gasteiger partial charge in [0, 0.05) is 18.1 Å². The first-order valence-electron chi connectivity index (χ1n) is 6.10. The lowest BCUT2D eigenvalue weighted by Crippen LogP contribution is -2.55. The van der Waals surface area contributed by atoms with Gasteiger partial charge in [-0.15, -0.1) is 0 Å². The van der Waals surface area contributed by atoms with E-state index < -0.39 is 17.8 Å². The number of hydrogen-bond donors (Lipinski definition) is 1. The minimum atomic E-state index is -0.736. The first-order chi connectivity index (χ1) is 9.54. The van der Waals surface area contributed by atoms with Crippen LogP contribution in [-0.2, 0) is 9.53 Å². The summed E-state index contributed by atoms with van der Waals surface area (Å²) in [5.41, 5.74) is -0.0600. The monoisotopic (exact) mass is 344 g/mol. The zero-order chi connectivity index (χ0) is 14.7. The maximum Gasteiger partial charge on any atom is 0.257 e. The van der Waals surface area contributed by atoms with E-state index in [2.05, 4.69) is 21.2 Å². The number of carbonyl (C=O) groups is 2. The Morgan fingerprint density at radius 3 is 2.95 bits per heavy atom. The highest BCUT2D eigenvalue weighted by Gasteiger charge is 2.33. The van der Waals surface area contributed by atoms with Gasteiger partial charge in [0.25, 0.3) is 5.91 Å². The van der Waals surface area contributed by atoms with Crippen LogP contribution in [0.5, 0.6) is 0 Å². The van der Waals surface area contributed by atoms with Crippen LogP contribution in [0.2, 0.25) is 0 Å². The molecule has 1 fully saturated rings. The Labute approximate surface area is 124 Å². The molecule has 0 aliphatic carbocycles. The number of carbonyl (C=O) groups excluding carboxylic acids is 2. The summed E-state index contributed by atoms with van der Waals surface area (Å²) in [6.45, 7) is 0.693. The average Bonchev–Trinajstić information content (AvgIpc) is 2.48. The Kier molecular flexibility index (Phi) is 4.72. The van der Waals surface area contributed by atoms with E-state index >= 15 is 0 Å². The second kappa shape index (κ2) is 6.32. The van der Waals surface area contributed by atoms with Gasteiger partial charge in [-0.1, -0.05) is 15.9 Å². The Bertz CT molecular complexity index is 538. The fourth-order valence-electron chi connectivity index (χ4n) is 2.05. The zero-order valence-corrected chi connectivity index (χ0v) is 12.4. The van der Waals surface area contributed by atoms with Crippen LogP contribution < -0.4 is 5.32 Å². The summed E-state index contributed by atoms with van der Waals surface area (Å²) in [6.07, 6.45) is 0. The molecule has 5 nitrogen and oxygen atoms in total. The first kappa shape index (κ1) is 14.9. The third-order valence-corrected chi connectivity index (χ3v) is 3.59. The van der Waals surface area contributed by atoms with Crippen LogP contribution in [0.25, 0.3) is 0 Å².